The number of thiazole rings is 1. The van der Waals surface area contributed by atoms with E-state index in [-0.39, 0.29) is 4.90 Å². The number of benzene rings is 1. The van der Waals surface area contributed by atoms with E-state index >= 15 is 0 Å². The Bertz CT molecular complexity index is 637. The average Bonchev–Trinajstić information content (AvgIpc) is 2.63. The molecule has 90 valence electrons. The monoisotopic (exact) mass is 332 g/mol. The smallest absolute Gasteiger partial charge is 0.255 e. The molecule has 1 N–H and O–H groups in total. The summed E-state index contributed by atoms with van der Waals surface area (Å²) in [5.41, 5.74) is 0.793. The molecule has 2 aromatic rings. The Morgan fingerprint density at radius 3 is 2.76 bits per heavy atom. The van der Waals surface area contributed by atoms with E-state index in [0.29, 0.717) is 5.13 Å². The van der Waals surface area contributed by atoms with E-state index in [4.69, 9.17) is 0 Å². The van der Waals surface area contributed by atoms with Crippen LogP contribution in [-0.2, 0) is 10.0 Å². The van der Waals surface area contributed by atoms with E-state index in [1.807, 2.05) is 6.92 Å². The molecule has 17 heavy (non-hydrogen) atoms. The number of rotatable bonds is 3. The van der Waals surface area contributed by atoms with Gasteiger partial charge in [0.15, 0.2) is 5.13 Å². The second kappa shape index (κ2) is 4.75. The van der Waals surface area contributed by atoms with Gasteiger partial charge < -0.3 is 0 Å². The van der Waals surface area contributed by atoms with Crippen LogP contribution in [0.3, 0.4) is 0 Å². The Labute approximate surface area is 112 Å². The molecule has 0 radical (unpaired) electrons. The maximum atomic E-state index is 12.0. The van der Waals surface area contributed by atoms with Crippen LogP contribution in [0.4, 0.5) is 5.13 Å². The number of hydrogen-bond acceptors (Lipinski definition) is 4. The summed E-state index contributed by atoms with van der Waals surface area (Å²) >= 11 is 4.50. The molecule has 0 saturated carbocycles. The van der Waals surface area contributed by atoms with Crippen molar-refractivity contribution in [2.24, 2.45) is 0 Å². The minimum atomic E-state index is -3.55. The Morgan fingerprint density at radius 2 is 2.18 bits per heavy atom. The highest BCUT2D eigenvalue weighted by atomic mass is 79.9. The number of nitrogens with one attached hydrogen (secondary N) is 1. The average molecular weight is 333 g/mol. The highest BCUT2D eigenvalue weighted by molar-refractivity contribution is 9.10. The van der Waals surface area contributed by atoms with Crippen LogP contribution < -0.4 is 4.72 Å². The molecule has 1 aromatic heterocycles. The summed E-state index contributed by atoms with van der Waals surface area (Å²) in [6.45, 7) is 1.81. The first-order valence-corrected chi connectivity index (χ1v) is 7.83. The second-order valence-corrected chi connectivity index (χ2v) is 6.81. The summed E-state index contributed by atoms with van der Waals surface area (Å²) in [4.78, 5) is 4.27. The maximum Gasteiger partial charge on any atom is 0.263 e. The molecule has 0 atom stereocenters. The molecule has 4 nitrogen and oxygen atoms in total. The fourth-order valence-electron chi connectivity index (χ4n) is 1.21. The van der Waals surface area contributed by atoms with Crippen LogP contribution in [0.1, 0.15) is 5.69 Å². The van der Waals surface area contributed by atoms with E-state index in [2.05, 4.69) is 25.6 Å². The molecule has 0 spiro atoms. The molecule has 0 unspecified atom stereocenters. The van der Waals surface area contributed by atoms with E-state index in [0.717, 1.165) is 10.2 Å². The van der Waals surface area contributed by atoms with Gasteiger partial charge in [-0.3, -0.25) is 4.72 Å². The largest absolute Gasteiger partial charge is 0.263 e. The Balaban J connectivity index is 2.31. The molecule has 0 bridgehead atoms. The van der Waals surface area contributed by atoms with Crippen molar-refractivity contribution in [1.82, 2.24) is 4.98 Å². The van der Waals surface area contributed by atoms with Gasteiger partial charge in [-0.1, -0.05) is 22.0 Å². The highest BCUT2D eigenvalue weighted by Gasteiger charge is 2.15. The molecule has 0 amide bonds. The van der Waals surface area contributed by atoms with Gasteiger partial charge in [0.1, 0.15) is 0 Å². The molecule has 0 aliphatic rings. The topological polar surface area (TPSA) is 59.1 Å². The fourth-order valence-corrected chi connectivity index (χ4v) is 3.75. The van der Waals surface area contributed by atoms with Crippen molar-refractivity contribution in [2.75, 3.05) is 4.72 Å². The predicted molar refractivity (Wildman–Crippen MR) is 71.8 cm³/mol. The van der Waals surface area contributed by atoms with E-state index in [1.54, 1.807) is 23.6 Å². The third kappa shape index (κ3) is 3.05. The minimum Gasteiger partial charge on any atom is -0.255 e. The van der Waals surface area contributed by atoms with Gasteiger partial charge in [-0.25, -0.2) is 13.4 Å². The van der Waals surface area contributed by atoms with Crippen molar-refractivity contribution < 1.29 is 8.42 Å². The van der Waals surface area contributed by atoms with Crippen LogP contribution in [0.5, 0.6) is 0 Å². The zero-order valence-corrected chi connectivity index (χ0v) is 12.1. The van der Waals surface area contributed by atoms with Crippen molar-refractivity contribution >= 4 is 42.4 Å². The van der Waals surface area contributed by atoms with Crippen LogP contribution >= 0.6 is 27.3 Å². The quantitative estimate of drug-likeness (QED) is 0.939. The SMILES string of the molecule is Cc1csc(NS(=O)(=O)c2cccc(Br)c2)n1. The van der Waals surface area contributed by atoms with Gasteiger partial charge in [0.05, 0.1) is 10.6 Å². The third-order valence-electron chi connectivity index (χ3n) is 1.95. The third-order valence-corrected chi connectivity index (χ3v) is 4.78. The summed E-state index contributed by atoms with van der Waals surface area (Å²) in [6, 6.07) is 6.52. The van der Waals surface area contributed by atoms with Crippen molar-refractivity contribution in [2.45, 2.75) is 11.8 Å². The van der Waals surface area contributed by atoms with Crippen LogP contribution in [0, 0.1) is 6.92 Å². The van der Waals surface area contributed by atoms with Gasteiger partial charge in [-0.15, -0.1) is 11.3 Å². The van der Waals surface area contributed by atoms with Crippen molar-refractivity contribution in [1.29, 1.82) is 0 Å². The van der Waals surface area contributed by atoms with Gasteiger partial charge in [-0.2, -0.15) is 0 Å². The van der Waals surface area contributed by atoms with Crippen LogP contribution in [0.2, 0.25) is 0 Å². The summed E-state index contributed by atoms with van der Waals surface area (Å²) in [5.74, 6) is 0. The number of hydrogen-bond donors (Lipinski definition) is 1. The molecular formula is C10H9BrN2O2S2. The normalized spacial score (nSPS) is 11.4. The maximum absolute atomic E-state index is 12.0. The first-order valence-electron chi connectivity index (χ1n) is 4.68. The molecule has 7 heteroatoms. The lowest BCUT2D eigenvalue weighted by molar-refractivity contribution is 0.601. The Hall–Kier alpha value is -0.920. The zero-order chi connectivity index (χ0) is 12.5. The predicted octanol–water partition coefficient (Wildman–Crippen LogP) is 3.01. The molecule has 0 aliphatic carbocycles. The first kappa shape index (κ1) is 12.5. The lowest BCUT2D eigenvalue weighted by atomic mass is 10.4. The van der Waals surface area contributed by atoms with Crippen molar-refractivity contribution in [3.05, 3.63) is 39.8 Å². The van der Waals surface area contributed by atoms with E-state index in [9.17, 15) is 8.42 Å². The second-order valence-electron chi connectivity index (χ2n) is 3.36. The molecule has 0 saturated heterocycles. The highest BCUT2D eigenvalue weighted by Crippen LogP contribution is 2.21. The molecule has 1 heterocycles. The molecule has 0 fully saturated rings. The number of anilines is 1. The van der Waals surface area contributed by atoms with Crippen LogP contribution in [-0.4, -0.2) is 13.4 Å². The Morgan fingerprint density at radius 1 is 1.41 bits per heavy atom. The standard InChI is InChI=1S/C10H9BrN2O2S2/c1-7-6-16-10(12-7)13-17(14,15)9-4-2-3-8(11)5-9/h2-6H,1H3,(H,12,13). The zero-order valence-electron chi connectivity index (χ0n) is 8.84. The fraction of sp³-hybridized carbons (Fsp3) is 0.100. The van der Waals surface area contributed by atoms with Gasteiger partial charge in [-0.05, 0) is 25.1 Å². The lowest BCUT2D eigenvalue weighted by Crippen LogP contribution is -2.12. The summed E-state index contributed by atoms with van der Waals surface area (Å²) in [6.07, 6.45) is 0. The molecular weight excluding hydrogens is 324 g/mol. The Kier molecular flexibility index (Phi) is 3.50. The molecule has 1 aromatic carbocycles. The summed E-state index contributed by atoms with van der Waals surface area (Å²) in [7, 11) is -3.55. The lowest BCUT2D eigenvalue weighted by Gasteiger charge is -2.05. The van der Waals surface area contributed by atoms with E-state index < -0.39 is 10.0 Å². The summed E-state index contributed by atoms with van der Waals surface area (Å²) in [5, 5.41) is 2.17. The van der Waals surface area contributed by atoms with E-state index in [1.165, 1.54) is 17.4 Å². The number of sulfonamides is 1. The summed E-state index contributed by atoms with van der Waals surface area (Å²) < 4.78 is 27.2. The minimum absolute atomic E-state index is 0.208. The van der Waals surface area contributed by atoms with Crippen LogP contribution in [0.25, 0.3) is 0 Å². The van der Waals surface area contributed by atoms with Gasteiger partial charge in [0.2, 0.25) is 0 Å². The number of nitrogens with zero attached hydrogens (tertiary/aromatic N) is 1. The first-order chi connectivity index (χ1) is 7.97. The van der Waals surface area contributed by atoms with Crippen molar-refractivity contribution in [3.63, 3.8) is 0 Å². The van der Waals surface area contributed by atoms with Gasteiger partial charge in [0, 0.05) is 9.85 Å². The van der Waals surface area contributed by atoms with Crippen molar-refractivity contribution in [3.8, 4) is 0 Å². The van der Waals surface area contributed by atoms with Crippen LogP contribution in [0.15, 0.2) is 39.0 Å². The van der Waals surface area contributed by atoms with Gasteiger partial charge in [0.25, 0.3) is 10.0 Å². The number of aryl methyl sites for hydroxylation is 1. The van der Waals surface area contributed by atoms with Gasteiger partial charge >= 0.3 is 0 Å². The molecule has 2 rings (SSSR count). The number of aromatic nitrogens is 1. The number of halogens is 1. The molecule has 0 aliphatic heterocycles.